The highest BCUT2D eigenvalue weighted by atomic mass is 32.2. The molecule has 0 saturated heterocycles. The third kappa shape index (κ3) is 10.9. The van der Waals surface area contributed by atoms with Crippen molar-refractivity contribution in [1.82, 2.24) is 10.6 Å². The summed E-state index contributed by atoms with van der Waals surface area (Å²) in [6.45, 7) is 3.62. The van der Waals surface area contributed by atoms with E-state index in [1.165, 1.54) is 24.3 Å². The Morgan fingerprint density at radius 2 is 1.71 bits per heavy atom. The Bertz CT molecular complexity index is 922. The van der Waals surface area contributed by atoms with E-state index in [4.69, 9.17) is 9.47 Å². The molecule has 0 aliphatic rings. The molecule has 1 rings (SSSR count). The molecule has 0 bridgehead atoms. The van der Waals surface area contributed by atoms with Gasteiger partial charge in [-0.1, -0.05) is 0 Å². The number of ether oxygens (including phenoxy) is 2. The summed E-state index contributed by atoms with van der Waals surface area (Å²) in [5.74, 6) is -1.11. The van der Waals surface area contributed by atoms with Gasteiger partial charge in [0.1, 0.15) is 18.2 Å². The Labute approximate surface area is 178 Å². The lowest BCUT2D eigenvalue weighted by Gasteiger charge is -2.22. The number of imide groups is 1. The van der Waals surface area contributed by atoms with Crippen LogP contribution in [0, 0.1) is 10.1 Å². The third-order valence-corrected chi connectivity index (χ3v) is 3.76. The maximum atomic E-state index is 12.3. The lowest BCUT2D eigenvalue weighted by Crippen LogP contribution is -2.52. The molecule has 31 heavy (non-hydrogen) atoms. The van der Waals surface area contributed by atoms with Crippen LogP contribution in [0.5, 0.6) is 0 Å². The highest BCUT2D eigenvalue weighted by molar-refractivity contribution is 7.85. The number of non-ortho nitro benzene ring substituents is 1. The third-order valence-electron chi connectivity index (χ3n) is 3.20. The Kier molecular flexibility index (Phi) is 8.88. The van der Waals surface area contributed by atoms with Gasteiger partial charge in [-0.05, 0) is 38.5 Å². The average molecular weight is 461 g/mol. The number of carbonyl (C=O) groups excluding carboxylic acids is 3. The highest BCUT2D eigenvalue weighted by Gasteiger charge is 2.27. The van der Waals surface area contributed by atoms with Crippen LogP contribution in [0.1, 0.15) is 26.3 Å². The fraction of sp³-hybridized carbons (Fsp3) is 0.471. The van der Waals surface area contributed by atoms with Crippen LogP contribution in [0.25, 0.3) is 0 Å². The first-order valence-corrected chi connectivity index (χ1v) is 10.5. The standard InChI is InChI=1S/C17H23N3O10S/c1-17(2,3)30-16(23)18-13(10-29-31(4,26)27)14(21)19-15(22)28-9-11-5-7-12(8-6-11)20(24)25/h5-8,13H,9-10H2,1-4H3,(H,18,23)(H,19,21,22)/t13-/m0/s1. The van der Waals surface area contributed by atoms with Crippen LogP contribution in [0.4, 0.5) is 15.3 Å². The minimum atomic E-state index is -3.94. The number of carbonyl (C=O) groups is 3. The Morgan fingerprint density at radius 1 is 1.13 bits per heavy atom. The molecule has 0 spiro atoms. The summed E-state index contributed by atoms with van der Waals surface area (Å²) in [5.41, 5.74) is -0.630. The van der Waals surface area contributed by atoms with Gasteiger partial charge >= 0.3 is 12.2 Å². The first-order valence-electron chi connectivity index (χ1n) is 8.71. The predicted octanol–water partition coefficient (Wildman–Crippen LogP) is 1.22. The van der Waals surface area contributed by atoms with Gasteiger partial charge in [0.05, 0.1) is 17.8 Å². The molecule has 0 aromatic heterocycles. The molecule has 172 valence electrons. The van der Waals surface area contributed by atoms with Gasteiger partial charge in [-0.2, -0.15) is 8.42 Å². The first kappa shape index (κ1) is 25.8. The molecule has 0 fully saturated rings. The fourth-order valence-electron chi connectivity index (χ4n) is 1.91. The predicted molar refractivity (Wildman–Crippen MR) is 105 cm³/mol. The van der Waals surface area contributed by atoms with Crippen molar-refractivity contribution in [1.29, 1.82) is 0 Å². The number of alkyl carbamates (subject to hydrolysis) is 2. The molecule has 0 saturated carbocycles. The summed E-state index contributed by atoms with van der Waals surface area (Å²) < 4.78 is 36.7. The SMILES string of the molecule is CC(C)(C)OC(=O)N[C@@H](COS(C)(=O)=O)C(=O)NC(=O)OCc1ccc([N+](=O)[O-])cc1. The van der Waals surface area contributed by atoms with Crippen LogP contribution >= 0.6 is 0 Å². The summed E-state index contributed by atoms with van der Waals surface area (Å²) in [7, 11) is -3.94. The van der Waals surface area contributed by atoms with Crippen molar-refractivity contribution < 1.29 is 41.4 Å². The van der Waals surface area contributed by atoms with Gasteiger partial charge in [0.25, 0.3) is 21.7 Å². The van der Waals surface area contributed by atoms with Gasteiger partial charge in [-0.15, -0.1) is 0 Å². The van der Waals surface area contributed by atoms with Crippen molar-refractivity contribution in [2.75, 3.05) is 12.9 Å². The van der Waals surface area contributed by atoms with Crippen LogP contribution < -0.4 is 10.6 Å². The van der Waals surface area contributed by atoms with Crippen LogP contribution in [0.3, 0.4) is 0 Å². The number of benzene rings is 1. The van der Waals surface area contributed by atoms with Gasteiger partial charge in [-0.25, -0.2) is 9.59 Å². The largest absolute Gasteiger partial charge is 0.444 e. The Hall–Kier alpha value is -3.26. The second-order valence-electron chi connectivity index (χ2n) is 7.18. The van der Waals surface area contributed by atoms with Gasteiger partial charge in [0.2, 0.25) is 0 Å². The molecule has 2 N–H and O–H groups in total. The van der Waals surface area contributed by atoms with Crippen LogP contribution in [0.2, 0.25) is 0 Å². The topological polar surface area (TPSA) is 180 Å². The minimum absolute atomic E-state index is 0.148. The van der Waals surface area contributed by atoms with Gasteiger partial charge < -0.3 is 14.8 Å². The van der Waals surface area contributed by atoms with Crippen LogP contribution in [0.15, 0.2) is 24.3 Å². The number of nitrogens with zero attached hydrogens (tertiary/aromatic N) is 1. The fourth-order valence-corrected chi connectivity index (χ4v) is 2.29. The molecule has 0 radical (unpaired) electrons. The normalized spacial score (nSPS) is 12.4. The zero-order valence-corrected chi connectivity index (χ0v) is 18.1. The van der Waals surface area contributed by atoms with E-state index in [2.05, 4.69) is 9.50 Å². The van der Waals surface area contributed by atoms with Crippen LogP contribution in [-0.4, -0.2) is 55.9 Å². The van der Waals surface area contributed by atoms with E-state index in [0.717, 1.165) is 6.26 Å². The quantitative estimate of drug-likeness (QED) is 0.324. The second kappa shape index (κ2) is 10.7. The van der Waals surface area contributed by atoms with Crippen molar-refractivity contribution in [3.63, 3.8) is 0 Å². The molecule has 1 aromatic rings. The summed E-state index contributed by atoms with van der Waals surface area (Å²) in [4.78, 5) is 46.0. The molecule has 0 aliphatic heterocycles. The number of hydrogen-bond donors (Lipinski definition) is 2. The number of rotatable bonds is 8. The van der Waals surface area contributed by atoms with E-state index < -0.39 is 51.4 Å². The summed E-state index contributed by atoms with van der Waals surface area (Å²) in [6.07, 6.45) is -1.49. The van der Waals surface area contributed by atoms with Crippen molar-refractivity contribution in [2.45, 2.75) is 39.0 Å². The number of nitro benzene ring substituents is 1. The lowest BCUT2D eigenvalue weighted by atomic mass is 10.2. The molecule has 3 amide bonds. The zero-order valence-electron chi connectivity index (χ0n) is 17.2. The van der Waals surface area contributed by atoms with E-state index >= 15 is 0 Å². The van der Waals surface area contributed by atoms with Gasteiger partial charge in [-0.3, -0.25) is 24.4 Å². The average Bonchev–Trinajstić information content (AvgIpc) is 2.61. The second-order valence-corrected chi connectivity index (χ2v) is 8.82. The van der Waals surface area contributed by atoms with Gasteiger partial charge in [0.15, 0.2) is 0 Å². The molecule has 13 nitrogen and oxygen atoms in total. The molecule has 0 unspecified atom stereocenters. The maximum Gasteiger partial charge on any atom is 0.414 e. The first-order chi connectivity index (χ1) is 14.2. The number of nitro groups is 1. The van der Waals surface area contributed by atoms with Gasteiger partial charge in [0, 0.05) is 12.1 Å². The molecule has 1 atom stereocenters. The van der Waals surface area contributed by atoms with E-state index in [-0.39, 0.29) is 12.3 Å². The summed E-state index contributed by atoms with van der Waals surface area (Å²) in [6, 6.07) is 3.56. The van der Waals surface area contributed by atoms with Crippen LogP contribution in [-0.2, 0) is 35.2 Å². The van der Waals surface area contributed by atoms with Crippen molar-refractivity contribution >= 4 is 33.9 Å². The number of hydrogen-bond acceptors (Lipinski definition) is 10. The maximum absolute atomic E-state index is 12.3. The van der Waals surface area contributed by atoms with E-state index in [1.54, 1.807) is 20.8 Å². The summed E-state index contributed by atoms with van der Waals surface area (Å²) >= 11 is 0. The molecule has 1 aromatic carbocycles. The van der Waals surface area contributed by atoms with E-state index in [1.807, 2.05) is 5.32 Å². The van der Waals surface area contributed by atoms with Crippen molar-refractivity contribution in [3.05, 3.63) is 39.9 Å². The molecule has 0 aliphatic carbocycles. The highest BCUT2D eigenvalue weighted by Crippen LogP contribution is 2.12. The molecular weight excluding hydrogens is 438 g/mol. The smallest absolute Gasteiger partial charge is 0.414 e. The van der Waals surface area contributed by atoms with Crippen molar-refractivity contribution in [2.24, 2.45) is 0 Å². The zero-order chi connectivity index (χ0) is 23.8. The Balaban J connectivity index is 2.70. The van der Waals surface area contributed by atoms with Crippen molar-refractivity contribution in [3.8, 4) is 0 Å². The van der Waals surface area contributed by atoms with E-state index in [0.29, 0.717) is 5.56 Å². The summed E-state index contributed by atoms with van der Waals surface area (Å²) in [5, 5.41) is 14.6. The lowest BCUT2D eigenvalue weighted by molar-refractivity contribution is -0.384. The molecule has 14 heteroatoms. The molecule has 0 heterocycles. The monoisotopic (exact) mass is 461 g/mol. The molecular formula is C17H23N3O10S. The van der Waals surface area contributed by atoms with E-state index in [9.17, 15) is 32.9 Å². The number of nitrogens with one attached hydrogen (secondary N) is 2. The Morgan fingerprint density at radius 3 is 2.19 bits per heavy atom. The number of amides is 3. The minimum Gasteiger partial charge on any atom is -0.444 e.